The highest BCUT2D eigenvalue weighted by molar-refractivity contribution is 5.94. The predicted octanol–water partition coefficient (Wildman–Crippen LogP) is 2.41. The summed E-state index contributed by atoms with van der Waals surface area (Å²) in [7, 11) is 0. The van der Waals surface area contributed by atoms with Gasteiger partial charge in [0, 0.05) is 17.2 Å². The molecule has 1 amide bonds. The maximum absolute atomic E-state index is 12.4. The fourth-order valence-corrected chi connectivity index (χ4v) is 3.00. The second-order valence-electron chi connectivity index (χ2n) is 5.69. The number of amides is 1. The van der Waals surface area contributed by atoms with Crippen molar-refractivity contribution in [2.24, 2.45) is 11.7 Å². The van der Waals surface area contributed by atoms with Crippen LogP contribution in [0.15, 0.2) is 35.2 Å². The van der Waals surface area contributed by atoms with Gasteiger partial charge in [-0.1, -0.05) is 30.1 Å². The molecule has 1 fully saturated rings. The van der Waals surface area contributed by atoms with Crippen LogP contribution < -0.4 is 11.1 Å². The lowest BCUT2D eigenvalue weighted by Gasteiger charge is -2.31. The Morgan fingerprint density at radius 3 is 2.65 bits per heavy atom. The first-order chi connectivity index (χ1) is 10.8. The number of nitrogens with two attached hydrogens (primary N) is 1. The molecule has 7 heteroatoms. The zero-order valence-electron chi connectivity index (χ0n) is 12.8. The highest BCUT2D eigenvalue weighted by Crippen LogP contribution is 2.24. The van der Waals surface area contributed by atoms with Crippen LogP contribution in [-0.4, -0.2) is 28.6 Å². The summed E-state index contributed by atoms with van der Waals surface area (Å²) < 4.78 is 4.72. The Bertz CT molecular complexity index is 616. The van der Waals surface area contributed by atoms with E-state index in [1.807, 2.05) is 12.1 Å². The summed E-state index contributed by atoms with van der Waals surface area (Å²) in [6, 6.07) is 7.38. The smallest absolute Gasteiger partial charge is 0.251 e. The van der Waals surface area contributed by atoms with Crippen molar-refractivity contribution in [2.75, 3.05) is 6.54 Å². The molecule has 23 heavy (non-hydrogen) atoms. The molecule has 0 radical (unpaired) electrons. The second-order valence-corrected chi connectivity index (χ2v) is 5.69. The van der Waals surface area contributed by atoms with Gasteiger partial charge in [0.25, 0.3) is 5.91 Å². The molecule has 2 unspecified atom stereocenters. The number of hydrogen-bond donors (Lipinski definition) is 2. The minimum absolute atomic E-state index is 0. The molecule has 6 nitrogen and oxygen atoms in total. The Balaban J connectivity index is 0.00000192. The summed E-state index contributed by atoms with van der Waals surface area (Å²) >= 11 is 0. The van der Waals surface area contributed by atoms with Gasteiger partial charge in [-0.25, -0.2) is 0 Å². The predicted molar refractivity (Wildman–Crippen MR) is 89.2 cm³/mol. The first-order valence-corrected chi connectivity index (χ1v) is 7.65. The van der Waals surface area contributed by atoms with Crippen LogP contribution in [0, 0.1) is 5.92 Å². The molecule has 1 aliphatic rings. The minimum Gasteiger partial charge on any atom is -0.349 e. The van der Waals surface area contributed by atoms with Gasteiger partial charge in [-0.3, -0.25) is 4.79 Å². The van der Waals surface area contributed by atoms with Crippen LogP contribution in [-0.2, 0) is 0 Å². The first-order valence-electron chi connectivity index (χ1n) is 7.65. The molecule has 0 bridgehead atoms. The SMILES string of the molecule is Cl.NCC1CCCCC1NC(=O)c1ccc(-c2ncon2)cc1. The number of benzene rings is 1. The number of carbonyl (C=O) groups is 1. The Morgan fingerprint density at radius 2 is 2.00 bits per heavy atom. The summed E-state index contributed by atoms with van der Waals surface area (Å²) in [6.07, 6.45) is 5.74. The quantitative estimate of drug-likeness (QED) is 0.894. The largest absolute Gasteiger partial charge is 0.349 e. The summed E-state index contributed by atoms with van der Waals surface area (Å²) in [5.41, 5.74) is 7.26. The molecule has 124 valence electrons. The van der Waals surface area contributed by atoms with E-state index in [1.54, 1.807) is 12.1 Å². The molecule has 0 saturated heterocycles. The molecule has 1 heterocycles. The van der Waals surface area contributed by atoms with E-state index in [-0.39, 0.29) is 24.4 Å². The fourth-order valence-electron chi connectivity index (χ4n) is 3.00. The van der Waals surface area contributed by atoms with Crippen molar-refractivity contribution >= 4 is 18.3 Å². The van der Waals surface area contributed by atoms with Crippen molar-refractivity contribution < 1.29 is 9.32 Å². The Kier molecular flexibility index (Phi) is 6.12. The van der Waals surface area contributed by atoms with Gasteiger partial charge in [0.1, 0.15) is 0 Å². The number of halogens is 1. The maximum atomic E-state index is 12.4. The highest BCUT2D eigenvalue weighted by atomic mass is 35.5. The summed E-state index contributed by atoms with van der Waals surface area (Å²) in [6.45, 7) is 0.627. The van der Waals surface area contributed by atoms with Crippen molar-refractivity contribution in [1.29, 1.82) is 0 Å². The first kappa shape index (κ1) is 17.4. The van der Waals surface area contributed by atoms with Crippen molar-refractivity contribution in [2.45, 2.75) is 31.7 Å². The third-order valence-electron chi connectivity index (χ3n) is 4.29. The Morgan fingerprint density at radius 1 is 1.26 bits per heavy atom. The van der Waals surface area contributed by atoms with Crippen LogP contribution in [0.3, 0.4) is 0 Å². The molecular weight excluding hydrogens is 316 g/mol. The van der Waals surface area contributed by atoms with E-state index in [0.29, 0.717) is 23.9 Å². The van der Waals surface area contributed by atoms with E-state index in [1.165, 1.54) is 12.8 Å². The number of hydrogen-bond acceptors (Lipinski definition) is 5. The van der Waals surface area contributed by atoms with Crippen molar-refractivity contribution in [3.8, 4) is 11.4 Å². The van der Waals surface area contributed by atoms with Gasteiger partial charge in [-0.15, -0.1) is 12.4 Å². The highest BCUT2D eigenvalue weighted by Gasteiger charge is 2.25. The van der Waals surface area contributed by atoms with Gasteiger partial charge >= 0.3 is 0 Å². The lowest BCUT2D eigenvalue weighted by atomic mass is 9.84. The van der Waals surface area contributed by atoms with Crippen LogP contribution in [0.2, 0.25) is 0 Å². The zero-order chi connectivity index (χ0) is 15.4. The van der Waals surface area contributed by atoms with Crippen LogP contribution in [0.5, 0.6) is 0 Å². The molecule has 0 spiro atoms. The third-order valence-corrected chi connectivity index (χ3v) is 4.29. The molecule has 2 atom stereocenters. The second kappa shape index (κ2) is 8.08. The van der Waals surface area contributed by atoms with Crippen LogP contribution >= 0.6 is 12.4 Å². The van der Waals surface area contributed by atoms with Crippen LogP contribution in [0.4, 0.5) is 0 Å². The van der Waals surface area contributed by atoms with E-state index in [9.17, 15) is 4.79 Å². The standard InChI is InChI=1S/C16H20N4O2.ClH/c17-9-13-3-1-2-4-14(13)19-16(21)12-7-5-11(6-8-12)15-18-10-22-20-15;/h5-8,10,13-14H,1-4,9,17H2,(H,19,21);1H. The number of aromatic nitrogens is 2. The number of nitrogens with one attached hydrogen (secondary N) is 1. The Hall–Kier alpha value is -1.92. The number of carbonyl (C=O) groups excluding carboxylic acids is 1. The lowest BCUT2D eigenvalue weighted by Crippen LogP contribution is -2.44. The lowest BCUT2D eigenvalue weighted by molar-refractivity contribution is 0.0908. The average molecular weight is 337 g/mol. The van der Waals surface area contributed by atoms with Gasteiger partial charge in [0.2, 0.25) is 12.2 Å². The van der Waals surface area contributed by atoms with E-state index in [2.05, 4.69) is 15.5 Å². The summed E-state index contributed by atoms with van der Waals surface area (Å²) in [5, 5.41) is 6.90. The molecule has 2 aromatic rings. The minimum atomic E-state index is -0.0509. The number of rotatable bonds is 4. The normalized spacial score (nSPS) is 20.6. The molecule has 0 aliphatic heterocycles. The van der Waals surface area contributed by atoms with Gasteiger partial charge < -0.3 is 15.6 Å². The Labute approximate surface area is 141 Å². The molecule has 3 N–H and O–H groups in total. The van der Waals surface area contributed by atoms with Crippen molar-refractivity contribution in [1.82, 2.24) is 15.5 Å². The summed E-state index contributed by atoms with van der Waals surface area (Å²) in [5.74, 6) is 0.851. The van der Waals surface area contributed by atoms with Crippen molar-refractivity contribution in [3.63, 3.8) is 0 Å². The molecule has 3 rings (SSSR count). The molecule has 1 aromatic heterocycles. The molecular formula is C16H21ClN4O2. The molecule has 1 aliphatic carbocycles. The topological polar surface area (TPSA) is 94.0 Å². The van der Waals surface area contributed by atoms with Gasteiger partial charge in [-0.05, 0) is 37.4 Å². The van der Waals surface area contributed by atoms with Gasteiger partial charge in [0.05, 0.1) is 0 Å². The molecule has 1 saturated carbocycles. The van der Waals surface area contributed by atoms with Gasteiger partial charge in [-0.2, -0.15) is 4.98 Å². The third kappa shape index (κ3) is 4.09. The summed E-state index contributed by atoms with van der Waals surface area (Å²) in [4.78, 5) is 16.4. The van der Waals surface area contributed by atoms with E-state index >= 15 is 0 Å². The fraction of sp³-hybridized carbons (Fsp3) is 0.438. The maximum Gasteiger partial charge on any atom is 0.251 e. The zero-order valence-corrected chi connectivity index (χ0v) is 13.6. The van der Waals surface area contributed by atoms with Crippen molar-refractivity contribution in [3.05, 3.63) is 36.2 Å². The molecule has 1 aromatic carbocycles. The van der Waals surface area contributed by atoms with E-state index < -0.39 is 0 Å². The van der Waals surface area contributed by atoms with Crippen LogP contribution in [0.25, 0.3) is 11.4 Å². The van der Waals surface area contributed by atoms with Crippen LogP contribution in [0.1, 0.15) is 36.0 Å². The average Bonchev–Trinajstić information content (AvgIpc) is 3.10. The van der Waals surface area contributed by atoms with E-state index in [0.717, 1.165) is 24.8 Å². The van der Waals surface area contributed by atoms with E-state index in [4.69, 9.17) is 10.3 Å². The number of nitrogens with zero attached hydrogens (tertiary/aromatic N) is 2. The van der Waals surface area contributed by atoms with Gasteiger partial charge in [0.15, 0.2) is 0 Å². The monoisotopic (exact) mass is 336 g/mol.